The minimum atomic E-state index is -0.774. The first kappa shape index (κ1) is 33.3. The Morgan fingerprint density at radius 1 is 0.978 bits per heavy atom. The molecular weight excluding hydrogens is 576 g/mol. The molecule has 252 valence electrons. The van der Waals surface area contributed by atoms with Crippen LogP contribution in [0, 0.1) is 56.7 Å². The number of fused-ring (bicyclic) bond motifs is 7. The summed E-state index contributed by atoms with van der Waals surface area (Å²) in [6.07, 6.45) is 13.7. The highest BCUT2D eigenvalue weighted by atomic mass is 16.5. The number of hydrogen-bond acceptors (Lipinski definition) is 5. The molecule has 0 saturated heterocycles. The number of phenolic OH excluding ortho intramolecular Hbond substituents is 1. The fourth-order valence-electron chi connectivity index (χ4n) is 12.4. The molecule has 3 N–H and O–H groups in total. The number of carbonyl (C=O) groups excluding carboxylic acids is 1. The maximum Gasteiger partial charge on any atom is 0.310 e. The summed E-state index contributed by atoms with van der Waals surface area (Å²) in [5.74, 6) is 1.14. The van der Waals surface area contributed by atoms with Crippen LogP contribution in [0.1, 0.15) is 111 Å². The molecule has 0 unspecified atom stereocenters. The van der Waals surface area contributed by atoms with Crippen LogP contribution >= 0.6 is 0 Å². The number of benzene rings is 1. The second-order valence-electron chi connectivity index (χ2n) is 17.1. The molecule has 1 aromatic carbocycles. The zero-order chi connectivity index (χ0) is 33.4. The van der Waals surface area contributed by atoms with E-state index in [4.69, 9.17) is 4.74 Å². The molecule has 4 saturated carbocycles. The summed E-state index contributed by atoms with van der Waals surface area (Å²) in [7, 11) is 1.51. The second-order valence-corrected chi connectivity index (χ2v) is 17.1. The minimum Gasteiger partial charge on any atom is -0.504 e. The molecular formula is C40H56O6. The number of carboxylic acids is 1. The van der Waals surface area contributed by atoms with E-state index < -0.39 is 16.8 Å². The van der Waals surface area contributed by atoms with Gasteiger partial charge in [0.2, 0.25) is 0 Å². The minimum absolute atomic E-state index is 0.0268. The lowest BCUT2D eigenvalue weighted by Crippen LogP contribution is -2.66. The highest BCUT2D eigenvalue weighted by molar-refractivity contribution is 5.94. The molecule has 46 heavy (non-hydrogen) atoms. The third-order valence-corrected chi connectivity index (χ3v) is 15.2. The first-order valence-electron chi connectivity index (χ1n) is 17.8. The number of hydrogen-bond donors (Lipinski definition) is 3. The summed E-state index contributed by atoms with van der Waals surface area (Å²) in [6.45, 7) is 14.0. The highest BCUT2D eigenvalue weighted by Crippen LogP contribution is 2.76. The first-order valence-corrected chi connectivity index (χ1v) is 17.8. The lowest BCUT2D eigenvalue weighted by Gasteiger charge is -2.71. The average Bonchev–Trinajstić information content (AvgIpc) is 3.00. The Hall–Kier alpha value is -2.60. The maximum absolute atomic E-state index is 14.3. The molecule has 0 radical (unpaired) electrons. The number of carbonyl (C=O) groups is 2. The number of methoxy groups -OCH3 is 1. The van der Waals surface area contributed by atoms with E-state index in [1.165, 1.54) is 12.7 Å². The standard InChI is InChI=1S/C40H56O6/c1-24-14-19-39(35(44)45)20-21-40(23-27(41)10-8-26-9-12-29(42)30(22-26)46-7)28(34(39)25(24)2)11-13-32-37(5)17-16-33(43)36(3,4)31(37)15-18-38(32,40)6/h8-12,22,24-25,31-34,42-43H,13-21,23H2,1-7H3,(H,44,45)/b10-8+/t24-,25+,31+,32-,33+,34+,37+,38-,39+,40+/m1/s1. The molecule has 0 spiro atoms. The number of aliphatic hydroxyl groups is 1. The van der Waals surface area contributed by atoms with Crippen molar-refractivity contribution in [3.63, 3.8) is 0 Å². The van der Waals surface area contributed by atoms with Crippen LogP contribution in [0.3, 0.4) is 0 Å². The van der Waals surface area contributed by atoms with Crippen molar-refractivity contribution in [2.24, 2.45) is 56.7 Å². The first-order chi connectivity index (χ1) is 21.6. The van der Waals surface area contributed by atoms with Gasteiger partial charge in [-0.3, -0.25) is 9.59 Å². The Morgan fingerprint density at radius 2 is 1.72 bits per heavy atom. The molecule has 5 aliphatic carbocycles. The third-order valence-electron chi connectivity index (χ3n) is 15.2. The number of phenols is 1. The Kier molecular flexibility index (Phi) is 8.14. The molecule has 6 rings (SSSR count). The van der Waals surface area contributed by atoms with Crippen molar-refractivity contribution in [1.82, 2.24) is 0 Å². The number of aliphatic hydroxyl groups excluding tert-OH is 1. The lowest BCUT2D eigenvalue weighted by molar-refractivity contribution is -0.210. The molecule has 10 atom stereocenters. The van der Waals surface area contributed by atoms with Crippen molar-refractivity contribution in [1.29, 1.82) is 0 Å². The van der Waals surface area contributed by atoms with Gasteiger partial charge in [0.15, 0.2) is 17.3 Å². The zero-order valence-electron chi connectivity index (χ0n) is 29.1. The van der Waals surface area contributed by atoms with E-state index >= 15 is 0 Å². The average molecular weight is 633 g/mol. The highest BCUT2D eigenvalue weighted by Gasteiger charge is 2.71. The monoisotopic (exact) mass is 632 g/mol. The van der Waals surface area contributed by atoms with Crippen molar-refractivity contribution < 1.29 is 29.6 Å². The molecule has 0 heterocycles. The zero-order valence-corrected chi connectivity index (χ0v) is 29.1. The van der Waals surface area contributed by atoms with E-state index in [0.29, 0.717) is 42.8 Å². The number of ketones is 1. The van der Waals surface area contributed by atoms with Crippen LogP contribution in [0.25, 0.3) is 6.08 Å². The van der Waals surface area contributed by atoms with Gasteiger partial charge in [0.25, 0.3) is 0 Å². The molecule has 4 fully saturated rings. The second kappa shape index (κ2) is 11.2. The number of ether oxygens (including phenoxy) is 1. The topological polar surface area (TPSA) is 104 Å². The number of aromatic hydroxyl groups is 1. The van der Waals surface area contributed by atoms with Gasteiger partial charge in [-0.15, -0.1) is 0 Å². The molecule has 0 bridgehead atoms. The predicted molar refractivity (Wildman–Crippen MR) is 180 cm³/mol. The van der Waals surface area contributed by atoms with E-state index in [0.717, 1.165) is 50.5 Å². The lowest BCUT2D eigenvalue weighted by atomic mass is 9.32. The molecule has 0 aromatic heterocycles. The van der Waals surface area contributed by atoms with Crippen molar-refractivity contribution in [2.45, 2.75) is 112 Å². The summed E-state index contributed by atoms with van der Waals surface area (Å²) in [4.78, 5) is 27.5. The van der Waals surface area contributed by atoms with Crippen LogP contribution in [0.15, 0.2) is 35.9 Å². The fourth-order valence-corrected chi connectivity index (χ4v) is 12.4. The Labute approximate surface area is 275 Å². The predicted octanol–water partition coefficient (Wildman–Crippen LogP) is 8.46. The number of allylic oxidation sites excluding steroid dienone is 3. The maximum atomic E-state index is 14.3. The van der Waals surface area contributed by atoms with Crippen molar-refractivity contribution in [3.05, 3.63) is 41.5 Å². The van der Waals surface area contributed by atoms with Gasteiger partial charge < -0.3 is 20.1 Å². The summed E-state index contributed by atoms with van der Waals surface area (Å²) >= 11 is 0. The van der Waals surface area contributed by atoms with Gasteiger partial charge in [0.1, 0.15) is 0 Å². The molecule has 5 aliphatic rings. The van der Waals surface area contributed by atoms with E-state index in [9.17, 15) is 24.9 Å². The Balaban J connectivity index is 1.46. The molecule has 0 amide bonds. The Bertz CT molecular complexity index is 1460. The van der Waals surface area contributed by atoms with Gasteiger partial charge in [-0.1, -0.05) is 65.3 Å². The number of rotatable bonds is 6. The molecule has 1 aromatic rings. The van der Waals surface area contributed by atoms with Crippen molar-refractivity contribution in [2.75, 3.05) is 7.11 Å². The third kappa shape index (κ3) is 4.58. The summed E-state index contributed by atoms with van der Waals surface area (Å²) in [6, 6.07) is 5.09. The Morgan fingerprint density at radius 3 is 2.41 bits per heavy atom. The summed E-state index contributed by atoms with van der Waals surface area (Å²) in [5, 5.41) is 32.1. The van der Waals surface area contributed by atoms with Gasteiger partial charge in [0, 0.05) is 11.8 Å². The largest absolute Gasteiger partial charge is 0.504 e. The van der Waals surface area contributed by atoms with Crippen LogP contribution in [-0.4, -0.2) is 40.3 Å². The van der Waals surface area contributed by atoms with Crippen LogP contribution in [0.2, 0.25) is 0 Å². The van der Waals surface area contributed by atoms with Crippen LogP contribution in [0.4, 0.5) is 0 Å². The number of carboxylic acid groups (broad SMARTS) is 1. The smallest absolute Gasteiger partial charge is 0.310 e. The normalized spacial score (nSPS) is 43.0. The SMILES string of the molecule is COc1cc(/C=C/C(=O)C[C@@]23CC[C@@]4(C(=O)O)CC[C@@H](C)[C@H](C)[C@H]4C2=CC[C@@H]2[C@@]4(C)CC[C@H](O)C(C)(C)[C@@H]4CC[C@]23C)ccc1O. The number of aliphatic carboxylic acids is 1. The fraction of sp³-hybridized carbons (Fsp3) is 0.700. The van der Waals surface area contributed by atoms with Crippen LogP contribution < -0.4 is 4.74 Å². The van der Waals surface area contributed by atoms with E-state index in [-0.39, 0.29) is 45.7 Å². The van der Waals surface area contributed by atoms with E-state index in [2.05, 4.69) is 47.6 Å². The summed E-state index contributed by atoms with van der Waals surface area (Å²) < 4.78 is 5.29. The quantitative estimate of drug-likeness (QED) is 0.215. The van der Waals surface area contributed by atoms with Gasteiger partial charge >= 0.3 is 5.97 Å². The summed E-state index contributed by atoms with van der Waals surface area (Å²) in [5.41, 5.74) is 0.535. The molecule has 6 heteroatoms. The van der Waals surface area contributed by atoms with Crippen LogP contribution in [0.5, 0.6) is 11.5 Å². The van der Waals surface area contributed by atoms with Crippen molar-refractivity contribution >= 4 is 17.8 Å². The van der Waals surface area contributed by atoms with Gasteiger partial charge in [0.05, 0.1) is 18.6 Å². The molecule has 0 aliphatic heterocycles. The van der Waals surface area contributed by atoms with E-state index in [1.807, 2.05) is 6.08 Å². The van der Waals surface area contributed by atoms with Gasteiger partial charge in [-0.25, -0.2) is 0 Å². The molecule has 6 nitrogen and oxygen atoms in total. The van der Waals surface area contributed by atoms with Gasteiger partial charge in [-0.05, 0) is 127 Å². The van der Waals surface area contributed by atoms with E-state index in [1.54, 1.807) is 24.3 Å². The van der Waals surface area contributed by atoms with Gasteiger partial charge in [-0.2, -0.15) is 0 Å². The van der Waals surface area contributed by atoms with Crippen LogP contribution in [-0.2, 0) is 9.59 Å². The van der Waals surface area contributed by atoms with Crippen molar-refractivity contribution in [3.8, 4) is 11.5 Å².